The average molecular weight is 383 g/mol. The van der Waals surface area contributed by atoms with Crippen LogP contribution in [0.4, 0.5) is 0 Å². The highest BCUT2D eigenvalue weighted by molar-refractivity contribution is 5.96. The molecule has 0 saturated carbocycles. The Labute approximate surface area is 162 Å². The summed E-state index contributed by atoms with van der Waals surface area (Å²) in [6.07, 6.45) is 0. The Bertz CT molecular complexity index is 930. The van der Waals surface area contributed by atoms with Gasteiger partial charge in [-0.15, -0.1) is 10.2 Å². The molecule has 2 aromatic carbocycles. The summed E-state index contributed by atoms with van der Waals surface area (Å²) in [5.74, 6) is 1.54. The van der Waals surface area contributed by atoms with Crippen LogP contribution in [0, 0.1) is 6.92 Å². The van der Waals surface area contributed by atoms with E-state index in [4.69, 9.17) is 18.6 Å². The maximum atomic E-state index is 13.0. The number of hydrogen-bond donors (Lipinski definition) is 1. The van der Waals surface area contributed by atoms with Crippen LogP contribution in [0.1, 0.15) is 33.7 Å². The van der Waals surface area contributed by atoms with Crippen molar-refractivity contribution in [3.8, 4) is 17.2 Å². The topological polar surface area (TPSA) is 95.7 Å². The number of hydrogen-bond acceptors (Lipinski definition) is 7. The molecule has 1 aromatic heterocycles. The number of benzene rings is 2. The van der Waals surface area contributed by atoms with Crippen LogP contribution in [-0.2, 0) is 0 Å². The van der Waals surface area contributed by atoms with Gasteiger partial charge in [-0.1, -0.05) is 30.3 Å². The third-order valence-electron chi connectivity index (χ3n) is 4.12. The number of methoxy groups -OCH3 is 3. The number of nitrogens with one attached hydrogen (secondary N) is 1. The van der Waals surface area contributed by atoms with Gasteiger partial charge < -0.3 is 23.9 Å². The first-order valence-electron chi connectivity index (χ1n) is 8.53. The maximum Gasteiger partial charge on any atom is 0.252 e. The van der Waals surface area contributed by atoms with Crippen LogP contribution >= 0.6 is 0 Å². The second-order valence-electron chi connectivity index (χ2n) is 5.89. The quantitative estimate of drug-likeness (QED) is 0.670. The Morgan fingerprint density at radius 3 is 2.14 bits per heavy atom. The van der Waals surface area contributed by atoms with Crippen LogP contribution in [-0.4, -0.2) is 37.4 Å². The molecule has 0 aliphatic heterocycles. The zero-order valence-corrected chi connectivity index (χ0v) is 16.1. The maximum absolute atomic E-state index is 13.0. The molecule has 8 heteroatoms. The summed E-state index contributed by atoms with van der Waals surface area (Å²) >= 11 is 0. The average Bonchev–Trinajstić information content (AvgIpc) is 3.17. The van der Waals surface area contributed by atoms with Crippen LogP contribution in [0.3, 0.4) is 0 Å². The number of rotatable bonds is 7. The Balaban J connectivity index is 1.96. The lowest BCUT2D eigenvalue weighted by molar-refractivity contribution is 0.0937. The smallest absolute Gasteiger partial charge is 0.252 e. The minimum absolute atomic E-state index is 0.296. The molecule has 0 saturated heterocycles. The first-order valence-corrected chi connectivity index (χ1v) is 8.53. The lowest BCUT2D eigenvalue weighted by atomic mass is 10.1. The molecule has 1 unspecified atom stereocenters. The van der Waals surface area contributed by atoms with Crippen molar-refractivity contribution in [1.82, 2.24) is 15.5 Å². The molecule has 3 aromatic rings. The third kappa shape index (κ3) is 3.90. The van der Waals surface area contributed by atoms with Crippen molar-refractivity contribution in [2.75, 3.05) is 21.3 Å². The molecule has 0 spiro atoms. The van der Waals surface area contributed by atoms with E-state index in [2.05, 4.69) is 15.5 Å². The third-order valence-corrected chi connectivity index (χ3v) is 4.12. The van der Waals surface area contributed by atoms with Crippen molar-refractivity contribution < 1.29 is 23.4 Å². The number of ether oxygens (including phenoxy) is 3. The van der Waals surface area contributed by atoms with Crippen molar-refractivity contribution in [3.05, 3.63) is 65.4 Å². The number of aryl methyl sites for hydroxylation is 1. The molecule has 3 rings (SSSR count). The van der Waals surface area contributed by atoms with E-state index < -0.39 is 6.04 Å². The SMILES string of the molecule is COc1cc(C(=O)NC(c2ccccc2)c2nnc(C)o2)cc(OC)c1OC. The summed E-state index contributed by atoms with van der Waals surface area (Å²) in [6.45, 7) is 1.69. The molecule has 0 aliphatic rings. The molecule has 0 bridgehead atoms. The van der Waals surface area contributed by atoms with E-state index in [-0.39, 0.29) is 5.91 Å². The van der Waals surface area contributed by atoms with Gasteiger partial charge in [0.05, 0.1) is 21.3 Å². The molecular formula is C20H21N3O5. The summed E-state index contributed by atoms with van der Waals surface area (Å²) in [5.41, 5.74) is 1.15. The monoisotopic (exact) mass is 383 g/mol. The number of amides is 1. The van der Waals surface area contributed by atoms with Crippen molar-refractivity contribution in [2.24, 2.45) is 0 Å². The lowest BCUT2D eigenvalue weighted by Crippen LogP contribution is -2.29. The first-order chi connectivity index (χ1) is 13.6. The fourth-order valence-corrected chi connectivity index (χ4v) is 2.79. The fraction of sp³-hybridized carbons (Fsp3) is 0.250. The van der Waals surface area contributed by atoms with E-state index in [9.17, 15) is 4.79 Å². The standard InChI is InChI=1S/C20H21N3O5/c1-12-22-23-20(28-12)17(13-8-6-5-7-9-13)21-19(24)14-10-15(25-2)18(27-4)16(11-14)26-3/h5-11,17H,1-4H3,(H,21,24). The zero-order chi connectivity index (χ0) is 20.1. The van der Waals surface area contributed by atoms with Crippen LogP contribution in [0.2, 0.25) is 0 Å². The van der Waals surface area contributed by atoms with Gasteiger partial charge in [0.2, 0.25) is 17.5 Å². The molecule has 1 heterocycles. The van der Waals surface area contributed by atoms with Gasteiger partial charge >= 0.3 is 0 Å². The van der Waals surface area contributed by atoms with Crippen LogP contribution in [0.5, 0.6) is 17.2 Å². The molecule has 0 radical (unpaired) electrons. The van der Waals surface area contributed by atoms with Gasteiger partial charge in [0.15, 0.2) is 11.5 Å². The summed E-state index contributed by atoms with van der Waals surface area (Å²) < 4.78 is 21.5. The predicted octanol–water partition coefficient (Wildman–Crippen LogP) is 2.92. The van der Waals surface area contributed by atoms with Crippen molar-refractivity contribution in [3.63, 3.8) is 0 Å². The highest BCUT2D eigenvalue weighted by Crippen LogP contribution is 2.38. The Hall–Kier alpha value is -3.55. The van der Waals surface area contributed by atoms with E-state index >= 15 is 0 Å². The molecule has 8 nitrogen and oxygen atoms in total. The van der Waals surface area contributed by atoms with E-state index in [1.165, 1.54) is 21.3 Å². The van der Waals surface area contributed by atoms with Gasteiger partial charge in [0.1, 0.15) is 6.04 Å². The van der Waals surface area contributed by atoms with E-state index in [0.29, 0.717) is 34.6 Å². The number of carbonyl (C=O) groups excluding carboxylic acids is 1. The van der Waals surface area contributed by atoms with Crippen molar-refractivity contribution >= 4 is 5.91 Å². The minimum atomic E-state index is -0.603. The van der Waals surface area contributed by atoms with Crippen LogP contribution < -0.4 is 19.5 Å². The Kier molecular flexibility index (Phi) is 5.78. The number of aromatic nitrogens is 2. The Morgan fingerprint density at radius 1 is 1.00 bits per heavy atom. The van der Waals surface area contributed by atoms with Gasteiger partial charge in [-0.25, -0.2) is 0 Å². The van der Waals surface area contributed by atoms with E-state index in [0.717, 1.165) is 5.56 Å². The predicted molar refractivity (Wildman–Crippen MR) is 101 cm³/mol. The molecular weight excluding hydrogens is 362 g/mol. The van der Waals surface area contributed by atoms with Gasteiger partial charge in [-0.05, 0) is 17.7 Å². The molecule has 1 N–H and O–H groups in total. The number of carbonyl (C=O) groups is 1. The summed E-state index contributed by atoms with van der Waals surface area (Å²) in [4.78, 5) is 13.0. The molecule has 28 heavy (non-hydrogen) atoms. The second kappa shape index (κ2) is 8.43. The molecule has 1 amide bonds. The largest absolute Gasteiger partial charge is 0.493 e. The van der Waals surface area contributed by atoms with E-state index in [1.54, 1.807) is 19.1 Å². The Morgan fingerprint density at radius 2 is 1.64 bits per heavy atom. The highest BCUT2D eigenvalue weighted by atomic mass is 16.5. The molecule has 0 fully saturated rings. The molecule has 1 atom stereocenters. The molecule has 0 aliphatic carbocycles. The second-order valence-corrected chi connectivity index (χ2v) is 5.89. The summed E-state index contributed by atoms with van der Waals surface area (Å²) in [7, 11) is 4.49. The summed E-state index contributed by atoms with van der Waals surface area (Å²) in [6, 6.07) is 11.9. The molecule has 146 valence electrons. The van der Waals surface area contributed by atoms with Crippen molar-refractivity contribution in [2.45, 2.75) is 13.0 Å². The van der Waals surface area contributed by atoms with Crippen LogP contribution in [0.25, 0.3) is 0 Å². The van der Waals surface area contributed by atoms with Crippen molar-refractivity contribution in [1.29, 1.82) is 0 Å². The normalized spacial score (nSPS) is 11.6. The van der Waals surface area contributed by atoms with Gasteiger partial charge in [0.25, 0.3) is 5.91 Å². The highest BCUT2D eigenvalue weighted by Gasteiger charge is 2.24. The fourth-order valence-electron chi connectivity index (χ4n) is 2.79. The van der Waals surface area contributed by atoms with Gasteiger partial charge in [-0.2, -0.15) is 0 Å². The minimum Gasteiger partial charge on any atom is -0.493 e. The van der Waals surface area contributed by atoms with Gasteiger partial charge in [-0.3, -0.25) is 4.79 Å². The van der Waals surface area contributed by atoms with Gasteiger partial charge in [0, 0.05) is 12.5 Å². The lowest BCUT2D eigenvalue weighted by Gasteiger charge is -2.17. The summed E-state index contributed by atoms with van der Waals surface area (Å²) in [5, 5.41) is 10.9. The van der Waals surface area contributed by atoms with Crippen LogP contribution in [0.15, 0.2) is 46.9 Å². The first kappa shape index (κ1) is 19.2. The van der Waals surface area contributed by atoms with E-state index in [1.807, 2.05) is 30.3 Å². The zero-order valence-electron chi connectivity index (χ0n) is 16.1. The number of nitrogens with zero attached hydrogens (tertiary/aromatic N) is 2.